The van der Waals surface area contributed by atoms with Gasteiger partial charge in [-0.1, -0.05) is 20.8 Å². The molecule has 0 aliphatic rings. The van der Waals surface area contributed by atoms with Crippen LogP contribution in [0.25, 0.3) is 0 Å². The van der Waals surface area contributed by atoms with Gasteiger partial charge in [0.2, 0.25) is 10.0 Å². The Labute approximate surface area is 96.7 Å². The summed E-state index contributed by atoms with van der Waals surface area (Å²) in [5.41, 5.74) is 0.0272. The summed E-state index contributed by atoms with van der Waals surface area (Å²) in [7, 11) is -3.20. The fourth-order valence-electron chi connectivity index (χ4n) is 1.09. The number of aromatic amines is 1. The summed E-state index contributed by atoms with van der Waals surface area (Å²) < 4.78 is 25.8. The van der Waals surface area contributed by atoms with E-state index in [9.17, 15) is 8.42 Å². The van der Waals surface area contributed by atoms with Crippen LogP contribution < -0.4 is 4.72 Å². The van der Waals surface area contributed by atoms with Crippen LogP contribution in [0.4, 0.5) is 0 Å². The zero-order chi connectivity index (χ0) is 12.2. The molecule has 92 valence electrons. The van der Waals surface area contributed by atoms with E-state index < -0.39 is 10.0 Å². The van der Waals surface area contributed by atoms with Gasteiger partial charge in [-0.15, -0.1) is 0 Å². The number of nitrogens with zero attached hydrogens (tertiary/aromatic N) is 1. The van der Waals surface area contributed by atoms with Crippen molar-refractivity contribution < 1.29 is 8.42 Å². The van der Waals surface area contributed by atoms with Crippen molar-refractivity contribution in [3.63, 3.8) is 0 Å². The zero-order valence-corrected chi connectivity index (χ0v) is 10.8. The molecule has 2 N–H and O–H groups in total. The number of sulfonamides is 1. The first-order valence-electron chi connectivity index (χ1n) is 5.24. The van der Waals surface area contributed by atoms with E-state index >= 15 is 0 Å². The number of hydrogen-bond donors (Lipinski definition) is 2. The van der Waals surface area contributed by atoms with Crippen LogP contribution in [0.3, 0.4) is 0 Å². The monoisotopic (exact) mass is 245 g/mol. The van der Waals surface area contributed by atoms with Gasteiger partial charge in [-0.3, -0.25) is 0 Å². The predicted octanol–water partition coefficient (Wildman–Crippen LogP) is 1.27. The molecule has 0 saturated heterocycles. The Hall–Kier alpha value is -0.880. The Bertz CT molecular complexity index is 404. The number of hydrogen-bond acceptors (Lipinski definition) is 3. The first-order valence-corrected chi connectivity index (χ1v) is 6.89. The number of H-pyrrole nitrogens is 1. The molecule has 5 nitrogen and oxygen atoms in total. The van der Waals surface area contributed by atoms with E-state index in [2.05, 4.69) is 14.7 Å². The van der Waals surface area contributed by atoms with Gasteiger partial charge < -0.3 is 4.98 Å². The molecule has 0 aliphatic carbocycles. The van der Waals surface area contributed by atoms with Gasteiger partial charge in [-0.25, -0.2) is 18.1 Å². The Morgan fingerprint density at radius 2 is 2.12 bits per heavy atom. The van der Waals surface area contributed by atoms with Crippen LogP contribution >= 0.6 is 0 Å². The minimum Gasteiger partial charge on any atom is -0.347 e. The lowest BCUT2D eigenvalue weighted by Crippen LogP contribution is -2.28. The minimum atomic E-state index is -3.20. The van der Waals surface area contributed by atoms with Crippen molar-refractivity contribution in [3.05, 3.63) is 18.2 Å². The molecule has 0 spiro atoms. The second-order valence-corrected chi connectivity index (χ2v) is 6.91. The summed E-state index contributed by atoms with van der Waals surface area (Å²) in [5, 5.41) is 0. The average Bonchev–Trinajstić information content (AvgIpc) is 2.64. The topological polar surface area (TPSA) is 74.8 Å². The molecule has 0 bridgehead atoms. The van der Waals surface area contributed by atoms with Crippen LogP contribution in [-0.2, 0) is 16.6 Å². The molecule has 1 aromatic rings. The molecule has 0 fully saturated rings. The molecule has 0 atom stereocenters. The third-order valence-electron chi connectivity index (χ3n) is 2.14. The first-order chi connectivity index (χ1) is 7.29. The average molecular weight is 245 g/mol. The van der Waals surface area contributed by atoms with Gasteiger partial charge in [0.25, 0.3) is 0 Å². The van der Waals surface area contributed by atoms with Crippen molar-refractivity contribution in [3.8, 4) is 0 Å². The van der Waals surface area contributed by atoms with E-state index in [1.54, 1.807) is 12.4 Å². The van der Waals surface area contributed by atoms with Crippen molar-refractivity contribution in [2.75, 3.05) is 5.75 Å². The second kappa shape index (κ2) is 4.97. The second-order valence-electron chi connectivity index (χ2n) is 4.99. The van der Waals surface area contributed by atoms with Crippen LogP contribution in [0.2, 0.25) is 0 Å². The van der Waals surface area contributed by atoms with E-state index in [1.807, 2.05) is 20.8 Å². The molecule has 1 aromatic heterocycles. The van der Waals surface area contributed by atoms with E-state index in [-0.39, 0.29) is 17.7 Å². The molecule has 0 aromatic carbocycles. The van der Waals surface area contributed by atoms with Gasteiger partial charge in [0, 0.05) is 12.4 Å². The zero-order valence-electron chi connectivity index (χ0n) is 9.95. The van der Waals surface area contributed by atoms with Crippen molar-refractivity contribution in [2.45, 2.75) is 33.7 Å². The van der Waals surface area contributed by atoms with Gasteiger partial charge in [-0.05, 0) is 11.8 Å². The smallest absolute Gasteiger partial charge is 0.212 e. The molecule has 0 amide bonds. The third-order valence-corrected chi connectivity index (χ3v) is 3.46. The molecular weight excluding hydrogens is 226 g/mol. The predicted molar refractivity (Wildman–Crippen MR) is 63.3 cm³/mol. The molecule has 0 radical (unpaired) electrons. The minimum absolute atomic E-state index is 0.0272. The molecule has 16 heavy (non-hydrogen) atoms. The Kier molecular flexibility index (Phi) is 4.09. The molecule has 1 heterocycles. The third kappa shape index (κ3) is 5.27. The van der Waals surface area contributed by atoms with Gasteiger partial charge in [-0.2, -0.15) is 0 Å². The lowest BCUT2D eigenvalue weighted by Gasteiger charge is -2.17. The van der Waals surface area contributed by atoms with Gasteiger partial charge >= 0.3 is 0 Å². The van der Waals surface area contributed by atoms with Crippen molar-refractivity contribution >= 4 is 10.0 Å². The number of rotatable bonds is 5. The van der Waals surface area contributed by atoms with Crippen LogP contribution in [0.15, 0.2) is 12.4 Å². The highest BCUT2D eigenvalue weighted by Crippen LogP contribution is 2.18. The fourth-order valence-corrected chi connectivity index (χ4v) is 2.47. The van der Waals surface area contributed by atoms with E-state index in [0.29, 0.717) is 12.2 Å². The van der Waals surface area contributed by atoms with Crippen LogP contribution in [0, 0.1) is 5.41 Å². The summed E-state index contributed by atoms with van der Waals surface area (Å²) in [4.78, 5) is 6.79. The Morgan fingerprint density at radius 3 is 2.62 bits per heavy atom. The van der Waals surface area contributed by atoms with Crippen LogP contribution in [0.5, 0.6) is 0 Å². The Morgan fingerprint density at radius 1 is 1.44 bits per heavy atom. The lowest BCUT2D eigenvalue weighted by atomic mass is 9.94. The van der Waals surface area contributed by atoms with Gasteiger partial charge in [0.1, 0.15) is 5.82 Å². The number of nitrogens with one attached hydrogen (secondary N) is 2. The van der Waals surface area contributed by atoms with Crippen molar-refractivity contribution in [1.29, 1.82) is 0 Å². The van der Waals surface area contributed by atoms with Crippen molar-refractivity contribution in [2.24, 2.45) is 5.41 Å². The number of aromatic nitrogens is 2. The SMILES string of the molecule is CC(C)(C)CCS(=O)(=O)NCc1ncc[nH]1. The van der Waals surface area contributed by atoms with Crippen LogP contribution in [-0.4, -0.2) is 24.1 Å². The van der Waals surface area contributed by atoms with E-state index in [0.717, 1.165) is 0 Å². The van der Waals surface area contributed by atoms with Gasteiger partial charge in [0.15, 0.2) is 0 Å². The highest BCUT2D eigenvalue weighted by molar-refractivity contribution is 7.89. The molecule has 6 heteroatoms. The highest BCUT2D eigenvalue weighted by Gasteiger charge is 2.17. The fraction of sp³-hybridized carbons (Fsp3) is 0.700. The van der Waals surface area contributed by atoms with E-state index in [1.165, 1.54) is 0 Å². The largest absolute Gasteiger partial charge is 0.347 e. The lowest BCUT2D eigenvalue weighted by molar-refractivity contribution is 0.396. The molecule has 0 aliphatic heterocycles. The summed E-state index contributed by atoms with van der Waals surface area (Å²) in [6.07, 6.45) is 3.90. The molecule has 0 saturated carbocycles. The summed E-state index contributed by atoms with van der Waals surface area (Å²) >= 11 is 0. The van der Waals surface area contributed by atoms with Crippen LogP contribution in [0.1, 0.15) is 33.0 Å². The summed E-state index contributed by atoms with van der Waals surface area (Å²) in [5.74, 6) is 0.774. The summed E-state index contributed by atoms with van der Waals surface area (Å²) in [6.45, 7) is 6.29. The molecule has 0 unspecified atom stereocenters. The molecular formula is C10H19N3O2S. The highest BCUT2D eigenvalue weighted by atomic mass is 32.2. The standard InChI is InChI=1S/C10H19N3O2S/c1-10(2,3)4-7-16(14,15)13-8-9-11-5-6-12-9/h5-6,13H,4,7-8H2,1-3H3,(H,11,12). The van der Waals surface area contributed by atoms with Crippen molar-refractivity contribution in [1.82, 2.24) is 14.7 Å². The maximum atomic E-state index is 11.6. The van der Waals surface area contributed by atoms with E-state index in [4.69, 9.17) is 0 Å². The molecule has 1 rings (SSSR count). The maximum Gasteiger partial charge on any atom is 0.212 e. The quantitative estimate of drug-likeness (QED) is 0.820. The normalized spacial score (nSPS) is 12.9. The maximum absolute atomic E-state index is 11.6. The van der Waals surface area contributed by atoms with Gasteiger partial charge in [0.05, 0.1) is 12.3 Å². The first kappa shape index (κ1) is 13.2. The number of imidazole rings is 1. The summed E-state index contributed by atoms with van der Waals surface area (Å²) in [6, 6.07) is 0. The Balaban J connectivity index is 2.41.